The molecule has 1 N–H and O–H groups in total. The summed E-state index contributed by atoms with van der Waals surface area (Å²) in [5.41, 5.74) is 3.31. The Morgan fingerprint density at radius 1 is 1.27 bits per heavy atom. The summed E-state index contributed by atoms with van der Waals surface area (Å²) < 4.78 is 0. The standard InChI is InChI=1S/C18H24N2OS/c1-14-9-10-17(15(12-14)13-20(2)3)19-18(21)8-4-6-16-7-5-11-22-16/h5,7,9-12H,4,6,8,13H2,1-3H3,(H,19,21). The van der Waals surface area contributed by atoms with Crippen LogP contribution in [-0.2, 0) is 17.8 Å². The van der Waals surface area contributed by atoms with E-state index in [1.807, 2.05) is 26.2 Å². The van der Waals surface area contributed by atoms with Crippen molar-refractivity contribution in [3.63, 3.8) is 0 Å². The van der Waals surface area contributed by atoms with E-state index in [0.717, 1.165) is 30.6 Å². The van der Waals surface area contributed by atoms with Crippen LogP contribution in [0.5, 0.6) is 0 Å². The molecule has 4 heteroatoms. The number of nitrogens with zero attached hydrogens (tertiary/aromatic N) is 1. The summed E-state index contributed by atoms with van der Waals surface area (Å²) in [6.07, 6.45) is 2.43. The summed E-state index contributed by atoms with van der Waals surface area (Å²) in [6, 6.07) is 10.4. The minimum atomic E-state index is 0.0976. The summed E-state index contributed by atoms with van der Waals surface area (Å²) in [5, 5.41) is 5.14. The summed E-state index contributed by atoms with van der Waals surface area (Å²) >= 11 is 1.75. The Kier molecular flexibility index (Phi) is 6.16. The molecule has 0 aliphatic carbocycles. The molecule has 1 heterocycles. The lowest BCUT2D eigenvalue weighted by molar-refractivity contribution is -0.116. The zero-order valence-corrected chi connectivity index (χ0v) is 14.4. The minimum absolute atomic E-state index is 0.0976. The zero-order chi connectivity index (χ0) is 15.9. The van der Waals surface area contributed by atoms with Gasteiger partial charge in [0.1, 0.15) is 0 Å². The van der Waals surface area contributed by atoms with E-state index in [1.165, 1.54) is 10.4 Å². The molecule has 1 aromatic carbocycles. The van der Waals surface area contributed by atoms with Gasteiger partial charge in [-0.15, -0.1) is 11.3 Å². The molecule has 0 aliphatic heterocycles. The first-order valence-electron chi connectivity index (χ1n) is 7.61. The van der Waals surface area contributed by atoms with Crippen molar-refractivity contribution in [2.24, 2.45) is 0 Å². The van der Waals surface area contributed by atoms with Gasteiger partial charge in [-0.1, -0.05) is 23.8 Å². The Balaban J connectivity index is 1.90. The summed E-state index contributed by atoms with van der Waals surface area (Å²) in [4.78, 5) is 15.6. The van der Waals surface area contributed by atoms with Crippen LogP contribution in [0.4, 0.5) is 5.69 Å². The number of aryl methyl sites for hydroxylation is 2. The van der Waals surface area contributed by atoms with Crippen molar-refractivity contribution in [1.29, 1.82) is 0 Å². The number of thiophene rings is 1. The summed E-state index contributed by atoms with van der Waals surface area (Å²) in [7, 11) is 4.07. The molecule has 1 amide bonds. The number of hydrogen-bond donors (Lipinski definition) is 1. The van der Waals surface area contributed by atoms with Crippen LogP contribution in [0.1, 0.15) is 28.8 Å². The highest BCUT2D eigenvalue weighted by atomic mass is 32.1. The highest BCUT2D eigenvalue weighted by Crippen LogP contribution is 2.19. The van der Waals surface area contributed by atoms with E-state index in [4.69, 9.17) is 0 Å². The molecule has 0 radical (unpaired) electrons. The van der Waals surface area contributed by atoms with Gasteiger partial charge in [0.2, 0.25) is 5.91 Å². The zero-order valence-electron chi connectivity index (χ0n) is 13.6. The maximum atomic E-state index is 12.1. The fourth-order valence-corrected chi connectivity index (χ4v) is 3.16. The average Bonchev–Trinajstić information content (AvgIpc) is 2.94. The Morgan fingerprint density at radius 2 is 2.09 bits per heavy atom. The Bertz CT molecular complexity index is 606. The summed E-state index contributed by atoms with van der Waals surface area (Å²) in [6.45, 7) is 2.90. The van der Waals surface area contributed by atoms with Gasteiger partial charge in [0.05, 0.1) is 0 Å². The number of hydrogen-bond acceptors (Lipinski definition) is 3. The normalized spacial score (nSPS) is 10.9. The number of nitrogens with one attached hydrogen (secondary N) is 1. The predicted molar refractivity (Wildman–Crippen MR) is 94.5 cm³/mol. The topological polar surface area (TPSA) is 32.3 Å². The molecule has 0 spiro atoms. The van der Waals surface area contributed by atoms with Crippen molar-refractivity contribution >= 4 is 22.9 Å². The van der Waals surface area contributed by atoms with Crippen LogP contribution < -0.4 is 5.32 Å². The SMILES string of the molecule is Cc1ccc(NC(=O)CCCc2cccs2)c(CN(C)C)c1. The maximum Gasteiger partial charge on any atom is 0.224 e. The molecule has 1 aromatic heterocycles. The van der Waals surface area contributed by atoms with Gasteiger partial charge in [-0.05, 0) is 56.9 Å². The van der Waals surface area contributed by atoms with Crippen LogP contribution in [0.15, 0.2) is 35.7 Å². The number of amides is 1. The number of rotatable bonds is 7. The van der Waals surface area contributed by atoms with Crippen molar-refractivity contribution < 1.29 is 4.79 Å². The van der Waals surface area contributed by atoms with Gasteiger partial charge >= 0.3 is 0 Å². The summed E-state index contributed by atoms with van der Waals surface area (Å²) in [5.74, 6) is 0.0976. The Hall–Kier alpha value is -1.65. The molecule has 3 nitrogen and oxygen atoms in total. The molecule has 2 rings (SSSR count). The third kappa shape index (κ3) is 5.28. The molecule has 2 aromatic rings. The van der Waals surface area contributed by atoms with Gasteiger partial charge in [0.15, 0.2) is 0 Å². The fraction of sp³-hybridized carbons (Fsp3) is 0.389. The highest BCUT2D eigenvalue weighted by molar-refractivity contribution is 7.09. The molecule has 22 heavy (non-hydrogen) atoms. The van der Waals surface area contributed by atoms with E-state index >= 15 is 0 Å². The van der Waals surface area contributed by atoms with Crippen LogP contribution >= 0.6 is 11.3 Å². The van der Waals surface area contributed by atoms with Gasteiger partial charge in [0.25, 0.3) is 0 Å². The first kappa shape index (κ1) is 16.7. The van der Waals surface area contributed by atoms with Crippen molar-refractivity contribution in [1.82, 2.24) is 4.90 Å². The van der Waals surface area contributed by atoms with Crippen molar-refractivity contribution in [3.05, 3.63) is 51.7 Å². The molecular formula is C18H24N2OS. The van der Waals surface area contributed by atoms with Gasteiger partial charge in [0, 0.05) is 23.5 Å². The van der Waals surface area contributed by atoms with Crippen molar-refractivity contribution in [2.75, 3.05) is 19.4 Å². The van der Waals surface area contributed by atoms with Crippen molar-refractivity contribution in [3.8, 4) is 0 Å². The molecule has 0 saturated heterocycles. The molecule has 0 saturated carbocycles. The maximum absolute atomic E-state index is 12.1. The minimum Gasteiger partial charge on any atom is -0.326 e. The van der Waals surface area contributed by atoms with E-state index in [-0.39, 0.29) is 5.91 Å². The molecule has 0 aliphatic rings. The van der Waals surface area contributed by atoms with Gasteiger partial charge < -0.3 is 10.2 Å². The smallest absolute Gasteiger partial charge is 0.224 e. The van der Waals surface area contributed by atoms with Gasteiger partial charge in [-0.3, -0.25) is 4.79 Å². The lowest BCUT2D eigenvalue weighted by Gasteiger charge is -2.15. The number of anilines is 1. The molecule has 0 bridgehead atoms. The van der Waals surface area contributed by atoms with E-state index < -0.39 is 0 Å². The number of carbonyl (C=O) groups excluding carboxylic acids is 1. The molecular weight excluding hydrogens is 292 g/mol. The van der Waals surface area contributed by atoms with Crippen LogP contribution in [0.25, 0.3) is 0 Å². The second-order valence-electron chi connectivity index (χ2n) is 5.88. The third-order valence-corrected chi connectivity index (χ3v) is 4.36. The van der Waals surface area contributed by atoms with Gasteiger partial charge in [-0.25, -0.2) is 0 Å². The predicted octanol–water partition coefficient (Wildman–Crippen LogP) is 4.08. The van der Waals surface area contributed by atoms with Crippen molar-refractivity contribution in [2.45, 2.75) is 32.7 Å². The Labute approximate surface area is 137 Å². The second-order valence-corrected chi connectivity index (χ2v) is 6.91. The van der Waals surface area contributed by atoms with Crippen LogP contribution in [0.3, 0.4) is 0 Å². The van der Waals surface area contributed by atoms with Crippen LogP contribution in [0, 0.1) is 6.92 Å². The van der Waals surface area contributed by atoms with Gasteiger partial charge in [-0.2, -0.15) is 0 Å². The lowest BCUT2D eigenvalue weighted by atomic mass is 10.1. The third-order valence-electron chi connectivity index (χ3n) is 3.43. The van der Waals surface area contributed by atoms with Crippen LogP contribution in [0.2, 0.25) is 0 Å². The van der Waals surface area contributed by atoms with E-state index in [1.54, 1.807) is 11.3 Å². The number of carbonyl (C=O) groups is 1. The molecule has 0 unspecified atom stereocenters. The fourth-order valence-electron chi connectivity index (χ4n) is 2.41. The molecule has 0 fully saturated rings. The lowest BCUT2D eigenvalue weighted by Crippen LogP contribution is -2.16. The monoisotopic (exact) mass is 316 g/mol. The van der Waals surface area contributed by atoms with E-state index in [9.17, 15) is 4.79 Å². The first-order valence-corrected chi connectivity index (χ1v) is 8.49. The van der Waals surface area contributed by atoms with Crippen LogP contribution in [-0.4, -0.2) is 24.9 Å². The number of benzene rings is 1. The largest absolute Gasteiger partial charge is 0.326 e. The first-order chi connectivity index (χ1) is 10.5. The highest BCUT2D eigenvalue weighted by Gasteiger charge is 2.08. The van der Waals surface area contributed by atoms with E-state index in [0.29, 0.717) is 6.42 Å². The molecule has 118 valence electrons. The van der Waals surface area contributed by atoms with E-state index in [2.05, 4.69) is 40.7 Å². The quantitative estimate of drug-likeness (QED) is 0.835. The second kappa shape index (κ2) is 8.11. The average molecular weight is 316 g/mol. The molecule has 0 atom stereocenters. The Morgan fingerprint density at radius 3 is 2.77 bits per heavy atom.